The van der Waals surface area contributed by atoms with E-state index in [-0.39, 0.29) is 24.6 Å². The number of esters is 1. The number of rotatable bonds is 8. The number of nitrogens with zero attached hydrogens (tertiary/aromatic N) is 1. The summed E-state index contributed by atoms with van der Waals surface area (Å²) in [5.41, 5.74) is 3.37. The Morgan fingerprint density at radius 1 is 0.857 bits per heavy atom. The van der Waals surface area contributed by atoms with E-state index in [1.165, 1.54) is 7.11 Å². The van der Waals surface area contributed by atoms with Gasteiger partial charge >= 0.3 is 5.97 Å². The second-order valence-electron chi connectivity index (χ2n) is 8.21. The molecular formula is C28H27NO6. The molecule has 1 aliphatic heterocycles. The van der Waals surface area contributed by atoms with Gasteiger partial charge in [0.1, 0.15) is 5.75 Å². The number of fused-ring (bicyclic) bond motifs is 1. The molecule has 180 valence electrons. The lowest BCUT2D eigenvalue weighted by Crippen LogP contribution is -2.15. The molecule has 0 radical (unpaired) electrons. The van der Waals surface area contributed by atoms with E-state index in [0.717, 1.165) is 11.3 Å². The molecule has 7 nitrogen and oxygen atoms in total. The minimum Gasteiger partial charge on any atom is -0.497 e. The molecule has 0 fully saturated rings. The van der Waals surface area contributed by atoms with Crippen LogP contribution < -0.4 is 19.1 Å². The molecule has 3 aromatic carbocycles. The van der Waals surface area contributed by atoms with Gasteiger partial charge in [-0.25, -0.2) is 4.79 Å². The highest BCUT2D eigenvalue weighted by molar-refractivity contribution is 6.27. The van der Waals surface area contributed by atoms with Gasteiger partial charge in [0.15, 0.2) is 17.3 Å². The van der Waals surface area contributed by atoms with Crippen molar-refractivity contribution in [2.75, 3.05) is 40.0 Å². The minimum absolute atomic E-state index is 0.103. The summed E-state index contributed by atoms with van der Waals surface area (Å²) in [5.74, 6) is 0.846. The zero-order chi connectivity index (χ0) is 24.9. The number of hydrogen-bond acceptors (Lipinski definition) is 7. The number of benzene rings is 3. The summed E-state index contributed by atoms with van der Waals surface area (Å²) in [7, 11) is 6.79. The van der Waals surface area contributed by atoms with Crippen LogP contribution >= 0.6 is 0 Å². The molecule has 0 saturated heterocycles. The third-order valence-corrected chi connectivity index (χ3v) is 5.81. The molecule has 1 aliphatic rings. The molecule has 0 spiro atoms. The molecular weight excluding hydrogens is 446 g/mol. The number of carbonyl (C=O) groups excluding carboxylic acids is 2. The van der Waals surface area contributed by atoms with E-state index in [2.05, 4.69) is 0 Å². The van der Waals surface area contributed by atoms with Crippen LogP contribution in [-0.2, 0) is 16.0 Å². The van der Waals surface area contributed by atoms with Gasteiger partial charge < -0.3 is 23.8 Å². The van der Waals surface area contributed by atoms with E-state index in [9.17, 15) is 9.59 Å². The summed E-state index contributed by atoms with van der Waals surface area (Å²) in [6.07, 6.45) is 0.234. The van der Waals surface area contributed by atoms with Crippen LogP contribution in [0.4, 0.5) is 5.69 Å². The maximum Gasteiger partial charge on any atom is 0.338 e. The molecule has 0 bridgehead atoms. The second-order valence-corrected chi connectivity index (χ2v) is 8.21. The van der Waals surface area contributed by atoms with Gasteiger partial charge in [-0.3, -0.25) is 4.79 Å². The average Bonchev–Trinajstić information content (AvgIpc) is 3.36. The van der Waals surface area contributed by atoms with Gasteiger partial charge in [-0.1, -0.05) is 18.2 Å². The van der Waals surface area contributed by atoms with E-state index >= 15 is 0 Å². The zero-order valence-corrected chi connectivity index (χ0v) is 20.2. The topological polar surface area (TPSA) is 74.3 Å². The summed E-state index contributed by atoms with van der Waals surface area (Å²) in [6.45, 7) is 0.103. The van der Waals surface area contributed by atoms with Gasteiger partial charge in [0.05, 0.1) is 19.8 Å². The molecule has 0 amide bonds. The third kappa shape index (κ3) is 5.14. The number of anilines is 1. The minimum atomic E-state index is -0.606. The van der Waals surface area contributed by atoms with Crippen molar-refractivity contribution in [1.82, 2.24) is 0 Å². The highest BCUT2D eigenvalue weighted by Crippen LogP contribution is 2.36. The van der Waals surface area contributed by atoms with Crippen LogP contribution in [0.5, 0.6) is 17.2 Å². The Morgan fingerprint density at radius 3 is 2.14 bits per heavy atom. The average molecular weight is 474 g/mol. The van der Waals surface area contributed by atoms with Crippen LogP contribution in [-0.4, -0.2) is 46.9 Å². The Bertz CT molecular complexity index is 1260. The first-order chi connectivity index (χ1) is 16.9. The highest BCUT2D eigenvalue weighted by Gasteiger charge is 2.26. The van der Waals surface area contributed by atoms with E-state index in [0.29, 0.717) is 33.9 Å². The number of allylic oxidation sites excluding steroid dienone is 1. The first kappa shape index (κ1) is 23.9. The summed E-state index contributed by atoms with van der Waals surface area (Å²) < 4.78 is 21.3. The maximum absolute atomic E-state index is 13.8. The Morgan fingerprint density at radius 2 is 1.51 bits per heavy atom. The Kier molecular flexibility index (Phi) is 7.06. The second kappa shape index (κ2) is 10.3. The van der Waals surface area contributed by atoms with Crippen LogP contribution in [0.15, 0.2) is 72.3 Å². The van der Waals surface area contributed by atoms with Crippen LogP contribution in [0.3, 0.4) is 0 Å². The van der Waals surface area contributed by atoms with Crippen molar-refractivity contribution in [1.29, 1.82) is 0 Å². The number of Topliss-reactive ketones (excluding diaryl/α,β-unsaturated/α-hetero) is 1. The van der Waals surface area contributed by atoms with Crippen LogP contribution in [0.2, 0.25) is 0 Å². The fourth-order valence-corrected chi connectivity index (χ4v) is 3.88. The first-order valence-electron chi connectivity index (χ1n) is 11.1. The van der Waals surface area contributed by atoms with Gasteiger partial charge in [-0.05, 0) is 59.7 Å². The van der Waals surface area contributed by atoms with Gasteiger partial charge in [-0.2, -0.15) is 0 Å². The number of ether oxygens (including phenoxy) is 4. The molecule has 0 atom stereocenters. The Hall–Kier alpha value is -4.26. The Labute approximate surface area is 204 Å². The molecule has 35 heavy (non-hydrogen) atoms. The van der Waals surface area contributed by atoms with Crippen molar-refractivity contribution in [3.63, 3.8) is 0 Å². The summed E-state index contributed by atoms with van der Waals surface area (Å²) >= 11 is 0. The zero-order valence-electron chi connectivity index (χ0n) is 20.2. The normalized spacial score (nSPS) is 12.6. The SMILES string of the molecule is COC(=O)/C(=C(/Cc1ccc(N(C)C)cc1)C(=O)c1ccc(OC)cc1)c1ccc2c(c1)OCO2. The molecule has 0 unspecified atom stereocenters. The van der Waals surface area contributed by atoms with Crippen molar-refractivity contribution in [3.8, 4) is 17.2 Å². The van der Waals surface area contributed by atoms with Gasteiger partial charge in [0.2, 0.25) is 6.79 Å². The van der Waals surface area contributed by atoms with Crippen molar-refractivity contribution in [2.24, 2.45) is 0 Å². The summed E-state index contributed by atoms with van der Waals surface area (Å²) in [5, 5.41) is 0. The van der Waals surface area contributed by atoms with Crippen molar-refractivity contribution in [3.05, 3.63) is 89.0 Å². The summed E-state index contributed by atoms with van der Waals surface area (Å²) in [6, 6.07) is 19.8. The fourth-order valence-electron chi connectivity index (χ4n) is 3.88. The molecule has 4 rings (SSSR count). The van der Waals surface area contributed by atoms with E-state index in [1.807, 2.05) is 43.3 Å². The smallest absolute Gasteiger partial charge is 0.338 e. The molecule has 7 heteroatoms. The highest BCUT2D eigenvalue weighted by atomic mass is 16.7. The predicted molar refractivity (Wildman–Crippen MR) is 133 cm³/mol. The van der Waals surface area contributed by atoms with Crippen LogP contribution in [0.1, 0.15) is 21.5 Å². The lowest BCUT2D eigenvalue weighted by molar-refractivity contribution is -0.133. The molecule has 1 heterocycles. The lowest BCUT2D eigenvalue weighted by Gasteiger charge is -2.16. The van der Waals surface area contributed by atoms with Gasteiger partial charge in [0, 0.05) is 37.3 Å². The predicted octanol–water partition coefficient (Wildman–Crippen LogP) is 4.54. The molecule has 0 aromatic heterocycles. The fraction of sp³-hybridized carbons (Fsp3) is 0.214. The van der Waals surface area contributed by atoms with Gasteiger partial charge in [0.25, 0.3) is 0 Å². The quantitative estimate of drug-likeness (QED) is 0.270. The van der Waals surface area contributed by atoms with E-state index < -0.39 is 5.97 Å². The molecule has 0 saturated carbocycles. The van der Waals surface area contributed by atoms with Crippen LogP contribution in [0, 0.1) is 0 Å². The molecule has 3 aromatic rings. The number of ketones is 1. The van der Waals surface area contributed by atoms with Gasteiger partial charge in [-0.15, -0.1) is 0 Å². The van der Waals surface area contributed by atoms with Crippen LogP contribution in [0.25, 0.3) is 5.57 Å². The number of hydrogen-bond donors (Lipinski definition) is 0. The maximum atomic E-state index is 13.8. The van der Waals surface area contributed by atoms with Crippen molar-refractivity contribution >= 4 is 23.0 Å². The van der Waals surface area contributed by atoms with E-state index in [4.69, 9.17) is 18.9 Å². The molecule has 0 N–H and O–H groups in total. The molecule has 0 aliphatic carbocycles. The van der Waals surface area contributed by atoms with E-state index in [1.54, 1.807) is 49.6 Å². The standard InChI is InChI=1S/C28H27NO6/c1-29(2)21-10-5-18(6-11-21)15-23(27(30)19-7-12-22(32-3)13-8-19)26(28(31)33-4)20-9-14-24-25(16-20)35-17-34-24/h5-14,16H,15,17H2,1-4H3/b26-23-. The Balaban J connectivity index is 1.86. The lowest BCUT2D eigenvalue weighted by atomic mass is 9.89. The van der Waals surface area contributed by atoms with Crippen molar-refractivity contribution in [2.45, 2.75) is 6.42 Å². The largest absolute Gasteiger partial charge is 0.497 e. The third-order valence-electron chi connectivity index (χ3n) is 5.81. The van der Waals surface area contributed by atoms with Crippen molar-refractivity contribution < 1.29 is 28.5 Å². The number of carbonyl (C=O) groups is 2. The summed E-state index contributed by atoms with van der Waals surface area (Å²) in [4.78, 5) is 28.9. The number of methoxy groups -OCH3 is 2. The first-order valence-corrected chi connectivity index (χ1v) is 11.1. The monoisotopic (exact) mass is 473 g/mol.